The summed E-state index contributed by atoms with van der Waals surface area (Å²) in [4.78, 5) is 29.9. The zero-order valence-corrected chi connectivity index (χ0v) is 23.6. The maximum Gasteiger partial charge on any atom is 0.416 e. The second-order valence-electron chi connectivity index (χ2n) is 9.88. The van der Waals surface area contributed by atoms with E-state index in [2.05, 4.69) is 35.8 Å². The molecule has 0 saturated carbocycles. The third-order valence-electron chi connectivity index (χ3n) is 6.58. The van der Waals surface area contributed by atoms with E-state index in [1.165, 1.54) is 42.6 Å². The highest BCUT2D eigenvalue weighted by Gasteiger charge is 2.34. The molecule has 3 heterocycles. The highest BCUT2D eigenvalue weighted by atomic mass is 32.1. The Hall–Kier alpha value is -4.14. The summed E-state index contributed by atoms with van der Waals surface area (Å²) < 4.78 is 55.1. The van der Waals surface area contributed by atoms with Crippen LogP contribution in [0.2, 0.25) is 0 Å². The van der Waals surface area contributed by atoms with Crippen molar-refractivity contribution in [2.45, 2.75) is 19.6 Å². The molecular formula is C28H28F4N8OS. The van der Waals surface area contributed by atoms with Gasteiger partial charge in [0.2, 0.25) is 0 Å². The van der Waals surface area contributed by atoms with Gasteiger partial charge in [0.1, 0.15) is 28.2 Å². The van der Waals surface area contributed by atoms with Crippen LogP contribution in [0.5, 0.6) is 0 Å². The monoisotopic (exact) mass is 600 g/mol. The van der Waals surface area contributed by atoms with Gasteiger partial charge in [-0.2, -0.15) is 13.2 Å². The number of halogens is 4. The minimum atomic E-state index is -4.51. The normalized spacial score (nSPS) is 14.5. The van der Waals surface area contributed by atoms with Crippen LogP contribution in [0.3, 0.4) is 0 Å². The van der Waals surface area contributed by atoms with E-state index in [1.54, 1.807) is 13.0 Å². The van der Waals surface area contributed by atoms with Gasteiger partial charge < -0.3 is 20.9 Å². The van der Waals surface area contributed by atoms with Gasteiger partial charge in [0.05, 0.1) is 11.8 Å². The first-order chi connectivity index (χ1) is 20.0. The molecule has 0 bridgehead atoms. The molecule has 42 heavy (non-hydrogen) atoms. The fourth-order valence-corrected chi connectivity index (χ4v) is 5.14. The molecule has 1 aliphatic rings. The van der Waals surface area contributed by atoms with Gasteiger partial charge in [-0.25, -0.2) is 19.3 Å². The maximum atomic E-state index is 14.0. The zero-order chi connectivity index (χ0) is 29.9. The molecule has 14 heteroatoms. The van der Waals surface area contributed by atoms with Crippen LogP contribution in [-0.4, -0.2) is 63.9 Å². The minimum Gasteiger partial charge on any atom is -0.340 e. The fourth-order valence-electron chi connectivity index (χ4n) is 4.42. The first-order valence-corrected chi connectivity index (χ1v) is 13.9. The molecule has 0 radical (unpaired) electrons. The van der Waals surface area contributed by atoms with E-state index in [-0.39, 0.29) is 23.6 Å². The topological polar surface area (TPSA) is 98.3 Å². The number of hydrogen-bond donors (Lipinski definition) is 3. The van der Waals surface area contributed by atoms with Crippen molar-refractivity contribution >= 4 is 45.4 Å². The molecule has 4 aromatic rings. The lowest BCUT2D eigenvalue weighted by molar-refractivity contribution is -0.138. The van der Waals surface area contributed by atoms with Gasteiger partial charge in [0, 0.05) is 50.2 Å². The van der Waals surface area contributed by atoms with Gasteiger partial charge >= 0.3 is 6.18 Å². The average molecular weight is 601 g/mol. The number of carbonyl (C=O) groups excluding carboxylic acids is 1. The van der Waals surface area contributed by atoms with E-state index in [9.17, 15) is 22.4 Å². The standard InChI is InChI=1S/C28H28F4N8OS/c1-17-34-24(36-21-6-3-18(22(13-21)28(30,31)32)16-40-11-9-39(2)10-12-40)14-25(35-17)38-27-33-15-23(42-27)26(41)37-20-7-4-19(29)5-8-20/h3-8,13-15H,9-12,16H2,1-2H3,(H,37,41)(H2,33,34,35,36,38). The summed E-state index contributed by atoms with van der Waals surface area (Å²) in [7, 11) is 2.00. The lowest BCUT2D eigenvalue weighted by Gasteiger charge is -2.33. The van der Waals surface area contributed by atoms with Gasteiger partial charge in [-0.15, -0.1) is 0 Å². The number of carbonyl (C=O) groups is 1. The number of thiazole rings is 1. The van der Waals surface area contributed by atoms with Crippen LogP contribution < -0.4 is 16.0 Å². The number of amides is 1. The molecule has 9 nitrogen and oxygen atoms in total. The van der Waals surface area contributed by atoms with Crippen LogP contribution in [0, 0.1) is 12.7 Å². The predicted octanol–water partition coefficient (Wildman–Crippen LogP) is 5.89. The zero-order valence-electron chi connectivity index (χ0n) is 22.8. The summed E-state index contributed by atoms with van der Waals surface area (Å²) in [6, 6.07) is 11.1. The molecule has 0 aliphatic carbocycles. The van der Waals surface area contributed by atoms with Crippen molar-refractivity contribution in [1.29, 1.82) is 0 Å². The van der Waals surface area contributed by atoms with Crippen LogP contribution in [-0.2, 0) is 12.7 Å². The molecule has 220 valence electrons. The quantitative estimate of drug-likeness (QED) is 0.216. The van der Waals surface area contributed by atoms with E-state index in [4.69, 9.17) is 0 Å². The van der Waals surface area contributed by atoms with Gasteiger partial charge in [-0.05, 0) is 55.9 Å². The molecule has 3 N–H and O–H groups in total. The molecule has 2 aromatic carbocycles. The Labute approximate surface area is 243 Å². The molecular weight excluding hydrogens is 572 g/mol. The summed E-state index contributed by atoms with van der Waals surface area (Å²) in [6.07, 6.45) is -3.12. The number of aryl methyl sites for hydroxylation is 1. The fraction of sp³-hybridized carbons (Fsp3) is 0.286. The van der Waals surface area contributed by atoms with Crippen molar-refractivity contribution < 1.29 is 22.4 Å². The van der Waals surface area contributed by atoms with Gasteiger partial charge in [-0.3, -0.25) is 9.69 Å². The summed E-state index contributed by atoms with van der Waals surface area (Å²) in [5.74, 6) is 0.176. The smallest absolute Gasteiger partial charge is 0.340 e. The van der Waals surface area contributed by atoms with Crippen LogP contribution in [0.1, 0.15) is 26.6 Å². The maximum absolute atomic E-state index is 14.0. The van der Waals surface area contributed by atoms with Gasteiger partial charge in [-0.1, -0.05) is 17.4 Å². The van der Waals surface area contributed by atoms with Crippen LogP contribution >= 0.6 is 11.3 Å². The number of piperazine rings is 1. The number of nitrogens with zero attached hydrogens (tertiary/aromatic N) is 5. The predicted molar refractivity (Wildman–Crippen MR) is 154 cm³/mol. The number of alkyl halides is 3. The highest BCUT2D eigenvalue weighted by Crippen LogP contribution is 2.35. The van der Waals surface area contributed by atoms with Crippen LogP contribution in [0.25, 0.3) is 0 Å². The lowest BCUT2D eigenvalue weighted by Crippen LogP contribution is -2.44. The van der Waals surface area contributed by atoms with Crippen molar-refractivity contribution in [3.63, 3.8) is 0 Å². The van der Waals surface area contributed by atoms with E-state index in [1.807, 2.05) is 11.9 Å². The number of likely N-dealkylation sites (N-methyl/N-ethyl adjacent to an activating group) is 1. The van der Waals surface area contributed by atoms with Crippen LogP contribution in [0.4, 0.5) is 45.7 Å². The van der Waals surface area contributed by atoms with Crippen molar-refractivity contribution in [3.05, 3.63) is 82.4 Å². The molecule has 1 fully saturated rings. The number of nitrogens with one attached hydrogen (secondary N) is 3. The number of aromatic nitrogens is 3. The summed E-state index contributed by atoms with van der Waals surface area (Å²) >= 11 is 1.07. The minimum absolute atomic E-state index is 0.224. The first-order valence-electron chi connectivity index (χ1n) is 13.1. The van der Waals surface area contributed by atoms with Crippen molar-refractivity contribution in [3.8, 4) is 0 Å². The first kappa shape index (κ1) is 29.4. The van der Waals surface area contributed by atoms with Gasteiger partial charge in [0.25, 0.3) is 5.91 Å². The molecule has 1 saturated heterocycles. The molecule has 2 aromatic heterocycles. The number of hydrogen-bond acceptors (Lipinski definition) is 9. The largest absolute Gasteiger partial charge is 0.416 e. The Kier molecular flexibility index (Phi) is 8.66. The van der Waals surface area contributed by atoms with Crippen molar-refractivity contribution in [2.24, 2.45) is 0 Å². The average Bonchev–Trinajstić information content (AvgIpc) is 3.40. The molecule has 1 amide bonds. The molecule has 0 spiro atoms. The Morgan fingerprint density at radius 1 is 0.952 bits per heavy atom. The van der Waals surface area contributed by atoms with E-state index >= 15 is 0 Å². The van der Waals surface area contributed by atoms with E-state index in [0.717, 1.165) is 30.5 Å². The molecule has 0 atom stereocenters. The molecule has 0 unspecified atom stereocenters. The Morgan fingerprint density at radius 3 is 2.31 bits per heavy atom. The third-order valence-corrected chi connectivity index (χ3v) is 7.49. The Morgan fingerprint density at radius 2 is 1.62 bits per heavy atom. The second kappa shape index (κ2) is 12.4. The second-order valence-corrected chi connectivity index (χ2v) is 10.9. The van der Waals surface area contributed by atoms with E-state index in [0.29, 0.717) is 40.4 Å². The number of benzene rings is 2. The van der Waals surface area contributed by atoms with Crippen molar-refractivity contribution in [2.75, 3.05) is 49.2 Å². The summed E-state index contributed by atoms with van der Waals surface area (Å²) in [5.41, 5.74) is 0.210. The molecule has 5 rings (SSSR count). The third kappa shape index (κ3) is 7.57. The summed E-state index contributed by atoms with van der Waals surface area (Å²) in [5, 5.41) is 9.00. The highest BCUT2D eigenvalue weighted by molar-refractivity contribution is 7.17. The number of anilines is 5. The summed E-state index contributed by atoms with van der Waals surface area (Å²) in [6.45, 7) is 4.93. The molecule has 1 aliphatic heterocycles. The number of rotatable bonds is 8. The van der Waals surface area contributed by atoms with Gasteiger partial charge in [0.15, 0.2) is 5.13 Å². The Balaban J connectivity index is 1.28. The Bertz CT molecular complexity index is 1550. The lowest BCUT2D eigenvalue weighted by atomic mass is 10.0. The van der Waals surface area contributed by atoms with Crippen LogP contribution in [0.15, 0.2) is 54.7 Å². The van der Waals surface area contributed by atoms with Crippen molar-refractivity contribution in [1.82, 2.24) is 24.8 Å². The van der Waals surface area contributed by atoms with E-state index < -0.39 is 23.5 Å². The SMILES string of the molecule is Cc1nc(Nc2ccc(CN3CCN(C)CC3)c(C(F)(F)F)c2)cc(Nc2ncc(C(=O)Nc3ccc(F)cc3)s2)n1.